The fraction of sp³-hybridized carbons (Fsp3) is 0.647. The molecule has 1 rings (SSSR count). The summed E-state index contributed by atoms with van der Waals surface area (Å²) in [6.45, 7) is 10.7. The second-order valence-corrected chi connectivity index (χ2v) is 5.48. The zero-order valence-electron chi connectivity index (χ0n) is 13.0. The summed E-state index contributed by atoms with van der Waals surface area (Å²) in [5, 5.41) is 3.45. The van der Waals surface area contributed by atoms with Gasteiger partial charge in [0.15, 0.2) is 0 Å². The number of ether oxygens (including phenoxy) is 1. The Hall–Kier alpha value is -1.02. The van der Waals surface area contributed by atoms with E-state index in [-0.39, 0.29) is 5.60 Å². The fourth-order valence-corrected chi connectivity index (χ4v) is 2.06. The lowest BCUT2D eigenvalue weighted by Crippen LogP contribution is -2.42. The lowest BCUT2D eigenvalue weighted by atomic mass is 10.0. The first kappa shape index (κ1) is 16.0. The molecule has 0 fully saturated rings. The molecule has 0 aliphatic carbocycles. The van der Waals surface area contributed by atoms with Gasteiger partial charge in [0.1, 0.15) is 11.4 Å². The number of aryl methyl sites for hydroxylation is 1. The molecule has 1 unspecified atom stereocenters. The Bertz CT molecular complexity index is 347. The number of rotatable bonds is 9. The Labute approximate surface area is 118 Å². The molecule has 0 saturated heterocycles. The Morgan fingerprint density at radius 1 is 1.05 bits per heavy atom. The molecule has 0 aromatic heterocycles. The van der Waals surface area contributed by atoms with E-state index in [1.165, 1.54) is 12.0 Å². The van der Waals surface area contributed by atoms with Gasteiger partial charge in [0.2, 0.25) is 0 Å². The smallest absolute Gasteiger partial charge is 0.120 e. The zero-order chi connectivity index (χ0) is 14.1. The second-order valence-electron chi connectivity index (χ2n) is 5.48. The number of hydrogen-bond donors (Lipinski definition) is 1. The molecule has 2 heteroatoms. The molecular formula is C17H29NO. The van der Waals surface area contributed by atoms with Crippen molar-refractivity contribution in [3.63, 3.8) is 0 Å². The van der Waals surface area contributed by atoms with Crippen LogP contribution in [0, 0.1) is 0 Å². The van der Waals surface area contributed by atoms with Crippen LogP contribution in [0.15, 0.2) is 24.3 Å². The van der Waals surface area contributed by atoms with E-state index in [9.17, 15) is 0 Å². The SMILES string of the molecule is CCCNCC(C)(CC)Oc1ccc(CCC)cc1. The summed E-state index contributed by atoms with van der Waals surface area (Å²) >= 11 is 0. The molecule has 0 amide bonds. The van der Waals surface area contributed by atoms with Crippen molar-refractivity contribution in [1.29, 1.82) is 0 Å². The first-order valence-corrected chi connectivity index (χ1v) is 7.62. The predicted molar refractivity (Wildman–Crippen MR) is 82.9 cm³/mol. The van der Waals surface area contributed by atoms with Crippen molar-refractivity contribution in [3.05, 3.63) is 29.8 Å². The largest absolute Gasteiger partial charge is 0.486 e. The summed E-state index contributed by atoms with van der Waals surface area (Å²) < 4.78 is 6.17. The van der Waals surface area contributed by atoms with Crippen LogP contribution in [0.4, 0.5) is 0 Å². The summed E-state index contributed by atoms with van der Waals surface area (Å²) in [4.78, 5) is 0. The summed E-state index contributed by atoms with van der Waals surface area (Å²) in [5.41, 5.74) is 1.26. The Morgan fingerprint density at radius 3 is 2.26 bits per heavy atom. The molecule has 0 spiro atoms. The van der Waals surface area contributed by atoms with E-state index in [0.29, 0.717) is 0 Å². The third-order valence-corrected chi connectivity index (χ3v) is 3.50. The number of hydrogen-bond acceptors (Lipinski definition) is 2. The quantitative estimate of drug-likeness (QED) is 0.675. The Morgan fingerprint density at radius 2 is 1.74 bits per heavy atom. The molecule has 1 N–H and O–H groups in total. The Balaban J connectivity index is 2.58. The minimum absolute atomic E-state index is 0.124. The molecule has 0 saturated carbocycles. The van der Waals surface area contributed by atoms with E-state index in [1.54, 1.807) is 0 Å². The highest BCUT2D eigenvalue weighted by Crippen LogP contribution is 2.21. The summed E-state index contributed by atoms with van der Waals surface area (Å²) in [7, 11) is 0. The van der Waals surface area contributed by atoms with Gasteiger partial charge in [-0.3, -0.25) is 0 Å². The summed E-state index contributed by atoms with van der Waals surface area (Å²) in [5.74, 6) is 0.975. The molecule has 0 heterocycles. The van der Waals surface area contributed by atoms with Crippen LogP contribution in [0.25, 0.3) is 0 Å². The van der Waals surface area contributed by atoms with Crippen molar-refractivity contribution >= 4 is 0 Å². The minimum atomic E-state index is -0.124. The first-order chi connectivity index (χ1) is 9.13. The van der Waals surface area contributed by atoms with Gasteiger partial charge in [-0.15, -0.1) is 0 Å². The van der Waals surface area contributed by atoms with Crippen LogP contribution in [0.5, 0.6) is 5.75 Å². The lowest BCUT2D eigenvalue weighted by Gasteiger charge is -2.30. The topological polar surface area (TPSA) is 21.3 Å². The van der Waals surface area contributed by atoms with Crippen molar-refractivity contribution in [2.24, 2.45) is 0 Å². The van der Waals surface area contributed by atoms with Gasteiger partial charge in [-0.25, -0.2) is 0 Å². The summed E-state index contributed by atoms with van der Waals surface area (Å²) in [6, 6.07) is 8.54. The van der Waals surface area contributed by atoms with Crippen LogP contribution in [-0.4, -0.2) is 18.7 Å². The van der Waals surface area contributed by atoms with Crippen molar-refractivity contribution in [2.75, 3.05) is 13.1 Å². The zero-order valence-corrected chi connectivity index (χ0v) is 13.0. The van der Waals surface area contributed by atoms with Crippen molar-refractivity contribution < 1.29 is 4.74 Å². The molecule has 1 atom stereocenters. The fourth-order valence-electron chi connectivity index (χ4n) is 2.06. The van der Waals surface area contributed by atoms with Crippen molar-refractivity contribution in [3.8, 4) is 5.75 Å². The van der Waals surface area contributed by atoms with Crippen LogP contribution < -0.4 is 10.1 Å². The minimum Gasteiger partial charge on any atom is -0.486 e. The van der Waals surface area contributed by atoms with Crippen LogP contribution in [0.1, 0.15) is 52.5 Å². The molecule has 19 heavy (non-hydrogen) atoms. The van der Waals surface area contributed by atoms with Gasteiger partial charge >= 0.3 is 0 Å². The van der Waals surface area contributed by atoms with E-state index in [1.807, 2.05) is 0 Å². The third kappa shape index (κ3) is 5.65. The summed E-state index contributed by atoms with van der Waals surface area (Å²) in [6.07, 6.45) is 4.49. The molecule has 0 bridgehead atoms. The molecule has 0 aliphatic rings. The van der Waals surface area contributed by atoms with E-state index in [2.05, 4.69) is 57.3 Å². The van der Waals surface area contributed by atoms with Crippen molar-refractivity contribution in [2.45, 2.75) is 59.0 Å². The van der Waals surface area contributed by atoms with E-state index < -0.39 is 0 Å². The van der Waals surface area contributed by atoms with Gasteiger partial charge in [0, 0.05) is 6.54 Å². The highest BCUT2D eigenvalue weighted by molar-refractivity contribution is 5.28. The molecule has 2 nitrogen and oxygen atoms in total. The Kier molecular flexibility index (Phi) is 6.93. The standard InChI is InChI=1S/C17H29NO/c1-5-8-15-9-11-16(12-10-15)19-17(4,7-3)14-18-13-6-2/h9-12,18H,5-8,13-14H2,1-4H3. The van der Waals surface area contributed by atoms with E-state index in [0.717, 1.165) is 38.1 Å². The molecule has 1 aromatic carbocycles. The van der Waals surface area contributed by atoms with E-state index >= 15 is 0 Å². The van der Waals surface area contributed by atoms with Gasteiger partial charge in [-0.2, -0.15) is 0 Å². The lowest BCUT2D eigenvalue weighted by molar-refractivity contribution is 0.0837. The molecule has 0 aliphatic heterocycles. The number of benzene rings is 1. The molecule has 108 valence electrons. The van der Waals surface area contributed by atoms with Crippen LogP contribution in [0.2, 0.25) is 0 Å². The molecule has 1 aromatic rings. The maximum absolute atomic E-state index is 6.17. The predicted octanol–water partition coefficient (Wildman–Crippen LogP) is 4.19. The normalized spacial score (nSPS) is 14.1. The van der Waals surface area contributed by atoms with Gasteiger partial charge in [-0.1, -0.05) is 39.3 Å². The van der Waals surface area contributed by atoms with Crippen LogP contribution in [0.3, 0.4) is 0 Å². The second kappa shape index (κ2) is 8.21. The van der Waals surface area contributed by atoms with E-state index in [4.69, 9.17) is 4.74 Å². The average Bonchev–Trinajstić information content (AvgIpc) is 2.42. The van der Waals surface area contributed by atoms with Gasteiger partial charge in [0.05, 0.1) is 0 Å². The first-order valence-electron chi connectivity index (χ1n) is 7.62. The van der Waals surface area contributed by atoms with Crippen LogP contribution in [-0.2, 0) is 6.42 Å². The maximum atomic E-state index is 6.17. The third-order valence-electron chi connectivity index (χ3n) is 3.50. The molecular weight excluding hydrogens is 234 g/mol. The van der Waals surface area contributed by atoms with Crippen LogP contribution >= 0.6 is 0 Å². The highest BCUT2D eigenvalue weighted by Gasteiger charge is 2.23. The van der Waals surface area contributed by atoms with Crippen molar-refractivity contribution in [1.82, 2.24) is 5.32 Å². The number of nitrogens with one attached hydrogen (secondary N) is 1. The van der Waals surface area contributed by atoms with Gasteiger partial charge in [0.25, 0.3) is 0 Å². The average molecular weight is 263 g/mol. The monoisotopic (exact) mass is 263 g/mol. The maximum Gasteiger partial charge on any atom is 0.120 e. The highest BCUT2D eigenvalue weighted by atomic mass is 16.5. The van der Waals surface area contributed by atoms with Gasteiger partial charge < -0.3 is 10.1 Å². The van der Waals surface area contributed by atoms with Gasteiger partial charge in [-0.05, 0) is 50.4 Å². The molecule has 0 radical (unpaired) electrons.